The molecule has 1 N–H and O–H groups in total. The number of hydrogen-bond acceptors (Lipinski definition) is 3. The average molecular weight is 243 g/mol. The summed E-state index contributed by atoms with van der Waals surface area (Å²) in [7, 11) is 1.58. The van der Waals surface area contributed by atoms with Gasteiger partial charge < -0.3 is 14.7 Å². The number of carbonyl (C=O) groups is 2. The first-order valence-corrected chi connectivity index (χ1v) is 6.12. The van der Waals surface area contributed by atoms with Gasteiger partial charge in [-0.05, 0) is 25.2 Å². The lowest BCUT2D eigenvalue weighted by molar-refractivity contribution is -0.138. The number of methoxy groups -OCH3 is 1. The summed E-state index contributed by atoms with van der Waals surface area (Å²) in [6.07, 6.45) is 3.24. The maximum Gasteiger partial charge on any atom is 0.303 e. The molecule has 1 saturated heterocycles. The molecule has 0 radical (unpaired) electrons. The van der Waals surface area contributed by atoms with Gasteiger partial charge in [0, 0.05) is 26.6 Å². The second-order valence-electron chi connectivity index (χ2n) is 4.52. The van der Waals surface area contributed by atoms with Crippen LogP contribution in [0.3, 0.4) is 0 Å². The van der Waals surface area contributed by atoms with Gasteiger partial charge in [0.2, 0.25) is 5.91 Å². The van der Waals surface area contributed by atoms with Gasteiger partial charge in [-0.15, -0.1) is 0 Å². The van der Waals surface area contributed by atoms with Gasteiger partial charge in [-0.1, -0.05) is 0 Å². The molecule has 1 rings (SSSR count). The molecular weight excluding hydrogens is 222 g/mol. The van der Waals surface area contributed by atoms with Crippen molar-refractivity contribution in [2.45, 2.75) is 32.1 Å². The van der Waals surface area contributed by atoms with Crippen LogP contribution in [0.25, 0.3) is 0 Å². The van der Waals surface area contributed by atoms with Gasteiger partial charge in [-0.25, -0.2) is 0 Å². The predicted octanol–water partition coefficient (Wildman–Crippen LogP) is 1.13. The first-order chi connectivity index (χ1) is 8.13. The minimum atomic E-state index is -0.742. The van der Waals surface area contributed by atoms with E-state index < -0.39 is 5.97 Å². The van der Waals surface area contributed by atoms with E-state index in [1.165, 1.54) is 0 Å². The number of carboxylic acids is 1. The van der Waals surface area contributed by atoms with Crippen LogP contribution in [0.15, 0.2) is 0 Å². The Morgan fingerprint density at radius 1 is 1.35 bits per heavy atom. The normalized spacial score (nSPS) is 21.0. The number of amides is 1. The van der Waals surface area contributed by atoms with Crippen LogP contribution >= 0.6 is 0 Å². The third kappa shape index (κ3) is 5.17. The zero-order chi connectivity index (χ0) is 12.7. The minimum Gasteiger partial charge on any atom is -0.481 e. The molecule has 1 heterocycles. The van der Waals surface area contributed by atoms with Gasteiger partial charge in [0.15, 0.2) is 0 Å². The van der Waals surface area contributed by atoms with E-state index in [0.717, 1.165) is 25.8 Å². The zero-order valence-corrected chi connectivity index (χ0v) is 10.4. The van der Waals surface area contributed by atoms with Crippen LogP contribution in [0.4, 0.5) is 0 Å². The lowest BCUT2D eigenvalue weighted by Gasteiger charge is -2.20. The maximum atomic E-state index is 11.8. The highest BCUT2D eigenvalue weighted by molar-refractivity contribution is 5.76. The standard InChI is InChI=1S/C12H21NO4/c1-17-8-5-11(14)13-6-2-3-10(4-7-13)9-12(15)16/h10H,2-9H2,1H3,(H,15,16). The largest absolute Gasteiger partial charge is 0.481 e. The smallest absolute Gasteiger partial charge is 0.303 e. The summed E-state index contributed by atoms with van der Waals surface area (Å²) >= 11 is 0. The molecule has 1 aliphatic rings. The van der Waals surface area contributed by atoms with Crippen molar-refractivity contribution < 1.29 is 19.4 Å². The molecule has 0 saturated carbocycles. The third-order valence-corrected chi connectivity index (χ3v) is 3.18. The summed E-state index contributed by atoms with van der Waals surface area (Å²) in [4.78, 5) is 24.2. The van der Waals surface area contributed by atoms with Crippen molar-refractivity contribution in [3.8, 4) is 0 Å². The molecule has 0 aromatic carbocycles. The van der Waals surface area contributed by atoms with E-state index in [0.29, 0.717) is 19.6 Å². The molecule has 1 amide bonds. The summed E-state index contributed by atoms with van der Waals surface area (Å²) in [5.74, 6) is -0.412. The molecule has 1 fully saturated rings. The number of nitrogens with zero attached hydrogens (tertiary/aromatic N) is 1. The fourth-order valence-electron chi connectivity index (χ4n) is 2.21. The Hall–Kier alpha value is -1.10. The van der Waals surface area contributed by atoms with E-state index in [2.05, 4.69) is 0 Å². The maximum absolute atomic E-state index is 11.8. The highest BCUT2D eigenvalue weighted by Gasteiger charge is 2.21. The van der Waals surface area contributed by atoms with Crippen molar-refractivity contribution in [2.24, 2.45) is 5.92 Å². The van der Waals surface area contributed by atoms with Crippen LogP contribution in [-0.2, 0) is 14.3 Å². The van der Waals surface area contributed by atoms with Gasteiger partial charge in [-0.3, -0.25) is 9.59 Å². The van der Waals surface area contributed by atoms with E-state index in [4.69, 9.17) is 9.84 Å². The molecule has 1 atom stereocenters. The second-order valence-corrected chi connectivity index (χ2v) is 4.52. The van der Waals surface area contributed by atoms with Gasteiger partial charge >= 0.3 is 5.97 Å². The molecule has 1 unspecified atom stereocenters. The Balaban J connectivity index is 2.36. The van der Waals surface area contributed by atoms with Crippen molar-refractivity contribution in [1.82, 2.24) is 4.90 Å². The van der Waals surface area contributed by atoms with Crippen molar-refractivity contribution in [3.05, 3.63) is 0 Å². The monoisotopic (exact) mass is 243 g/mol. The number of likely N-dealkylation sites (tertiary alicyclic amines) is 1. The van der Waals surface area contributed by atoms with Crippen molar-refractivity contribution in [1.29, 1.82) is 0 Å². The van der Waals surface area contributed by atoms with Crippen LogP contribution in [0.1, 0.15) is 32.1 Å². The van der Waals surface area contributed by atoms with Crippen molar-refractivity contribution in [3.63, 3.8) is 0 Å². The quantitative estimate of drug-likeness (QED) is 0.786. The summed E-state index contributed by atoms with van der Waals surface area (Å²) in [5, 5.41) is 8.75. The Labute approximate surface area is 102 Å². The molecule has 0 aromatic heterocycles. The number of carboxylic acid groups (broad SMARTS) is 1. The molecule has 98 valence electrons. The van der Waals surface area contributed by atoms with Gasteiger partial charge in [0.05, 0.1) is 13.0 Å². The zero-order valence-electron chi connectivity index (χ0n) is 10.4. The van der Waals surface area contributed by atoms with Crippen LogP contribution in [0.2, 0.25) is 0 Å². The van der Waals surface area contributed by atoms with Gasteiger partial charge in [-0.2, -0.15) is 0 Å². The first-order valence-electron chi connectivity index (χ1n) is 6.12. The van der Waals surface area contributed by atoms with Gasteiger partial charge in [0.25, 0.3) is 0 Å². The molecule has 5 heteroatoms. The first kappa shape index (κ1) is 14.0. The highest BCUT2D eigenvalue weighted by atomic mass is 16.5. The molecule has 17 heavy (non-hydrogen) atoms. The summed E-state index contributed by atoms with van der Waals surface area (Å²) < 4.78 is 4.88. The fourth-order valence-corrected chi connectivity index (χ4v) is 2.21. The lowest BCUT2D eigenvalue weighted by atomic mass is 9.97. The molecule has 1 aliphatic heterocycles. The predicted molar refractivity (Wildman–Crippen MR) is 62.7 cm³/mol. The Kier molecular flexibility index (Phi) is 5.97. The molecule has 0 aromatic rings. The highest BCUT2D eigenvalue weighted by Crippen LogP contribution is 2.21. The molecular formula is C12H21NO4. The molecule has 0 bridgehead atoms. The Morgan fingerprint density at radius 3 is 2.76 bits per heavy atom. The van der Waals surface area contributed by atoms with E-state index in [1.807, 2.05) is 4.90 Å². The van der Waals surface area contributed by atoms with Crippen LogP contribution in [0, 0.1) is 5.92 Å². The number of rotatable bonds is 5. The van der Waals surface area contributed by atoms with Crippen LogP contribution in [0.5, 0.6) is 0 Å². The average Bonchev–Trinajstić information content (AvgIpc) is 2.51. The second kappa shape index (κ2) is 7.27. The molecule has 0 spiro atoms. The fraction of sp³-hybridized carbons (Fsp3) is 0.833. The summed E-state index contributed by atoms with van der Waals surface area (Å²) in [6, 6.07) is 0. The SMILES string of the molecule is COCCC(=O)N1CCCC(CC(=O)O)CC1. The number of carbonyl (C=O) groups excluding carboxylic acids is 1. The van der Waals surface area contributed by atoms with E-state index in [-0.39, 0.29) is 18.2 Å². The van der Waals surface area contributed by atoms with Crippen molar-refractivity contribution >= 4 is 11.9 Å². The Bertz CT molecular complexity index is 267. The number of ether oxygens (including phenoxy) is 1. The number of hydrogen-bond donors (Lipinski definition) is 1. The number of aliphatic carboxylic acids is 1. The van der Waals surface area contributed by atoms with Crippen LogP contribution in [-0.4, -0.2) is 48.7 Å². The molecule has 5 nitrogen and oxygen atoms in total. The van der Waals surface area contributed by atoms with E-state index in [1.54, 1.807) is 7.11 Å². The topological polar surface area (TPSA) is 66.8 Å². The molecule has 0 aliphatic carbocycles. The van der Waals surface area contributed by atoms with E-state index in [9.17, 15) is 9.59 Å². The van der Waals surface area contributed by atoms with E-state index >= 15 is 0 Å². The Morgan fingerprint density at radius 2 is 2.12 bits per heavy atom. The minimum absolute atomic E-state index is 0.114. The summed E-state index contributed by atoms with van der Waals surface area (Å²) in [6.45, 7) is 1.88. The lowest BCUT2D eigenvalue weighted by Crippen LogP contribution is -2.32. The third-order valence-electron chi connectivity index (χ3n) is 3.18. The summed E-state index contributed by atoms with van der Waals surface area (Å²) in [5.41, 5.74) is 0. The van der Waals surface area contributed by atoms with Crippen molar-refractivity contribution in [2.75, 3.05) is 26.8 Å². The van der Waals surface area contributed by atoms with Gasteiger partial charge in [0.1, 0.15) is 0 Å². The van der Waals surface area contributed by atoms with Crippen LogP contribution < -0.4 is 0 Å².